The molecule has 6 nitrogen and oxygen atoms in total. The average Bonchev–Trinajstić information content (AvgIpc) is 3.08. The van der Waals surface area contributed by atoms with Crippen LogP contribution in [0.15, 0.2) is 47.0 Å². The number of benzene rings is 2. The van der Waals surface area contributed by atoms with Crippen molar-refractivity contribution in [1.29, 1.82) is 0 Å². The number of nitrogens with zero attached hydrogens (tertiary/aromatic N) is 1. The minimum Gasteiger partial charge on any atom is -0.457 e. The predicted octanol–water partition coefficient (Wildman–Crippen LogP) is 4.11. The molecule has 0 spiro atoms. The largest absolute Gasteiger partial charge is 0.457 e. The Balaban J connectivity index is 1.26. The van der Waals surface area contributed by atoms with E-state index in [-0.39, 0.29) is 0 Å². The highest BCUT2D eigenvalue weighted by Gasteiger charge is 2.12. The van der Waals surface area contributed by atoms with Crippen LogP contribution < -0.4 is 15.8 Å². The lowest BCUT2D eigenvalue weighted by atomic mass is 9.97. The Bertz CT molecular complexity index is 870. The molecule has 1 aliphatic rings. The number of hydrogen-bond acceptors (Lipinski definition) is 6. The maximum absolute atomic E-state index is 5.89. The number of nitrogens with one attached hydrogen (secondary N) is 1. The third-order valence-electron chi connectivity index (χ3n) is 5.03. The van der Waals surface area contributed by atoms with Crippen LogP contribution in [0.25, 0.3) is 11.0 Å². The smallest absolute Gasteiger partial charge is 0.174 e. The van der Waals surface area contributed by atoms with E-state index in [2.05, 4.69) is 22.6 Å². The SMILES string of the molecule is Nc1noc2cc(Oc3ccc(CNCCC4CCOCC4)cc3)ccc12. The second-order valence-electron chi connectivity index (χ2n) is 6.99. The molecule has 1 saturated heterocycles. The fraction of sp³-hybridized carbons (Fsp3) is 0.381. The Kier molecular flexibility index (Phi) is 5.55. The molecule has 3 aromatic rings. The van der Waals surface area contributed by atoms with Crippen LogP contribution in [-0.2, 0) is 11.3 Å². The number of hydrogen-bond donors (Lipinski definition) is 2. The van der Waals surface area contributed by atoms with Gasteiger partial charge in [-0.15, -0.1) is 0 Å². The number of fused-ring (bicyclic) bond motifs is 1. The lowest BCUT2D eigenvalue weighted by Gasteiger charge is -2.21. The molecule has 2 heterocycles. The van der Waals surface area contributed by atoms with Crippen LogP contribution in [0.5, 0.6) is 11.5 Å². The molecule has 0 radical (unpaired) electrons. The van der Waals surface area contributed by atoms with Crippen LogP contribution in [0, 0.1) is 5.92 Å². The van der Waals surface area contributed by atoms with E-state index < -0.39 is 0 Å². The molecule has 2 aromatic carbocycles. The summed E-state index contributed by atoms with van der Waals surface area (Å²) in [5, 5.41) is 8.08. The first-order chi connectivity index (χ1) is 13.3. The Morgan fingerprint density at radius 3 is 2.67 bits per heavy atom. The van der Waals surface area contributed by atoms with E-state index in [9.17, 15) is 0 Å². The third kappa shape index (κ3) is 4.59. The molecule has 3 N–H and O–H groups in total. The molecule has 0 saturated carbocycles. The van der Waals surface area contributed by atoms with Gasteiger partial charge < -0.3 is 25.0 Å². The highest BCUT2D eigenvalue weighted by atomic mass is 16.5. The number of nitrogen functional groups attached to an aromatic ring is 1. The van der Waals surface area contributed by atoms with Gasteiger partial charge in [0.1, 0.15) is 11.5 Å². The summed E-state index contributed by atoms with van der Waals surface area (Å²) in [6.07, 6.45) is 3.61. The zero-order chi connectivity index (χ0) is 18.5. The summed E-state index contributed by atoms with van der Waals surface area (Å²) >= 11 is 0. The highest BCUT2D eigenvalue weighted by molar-refractivity contribution is 5.87. The maximum atomic E-state index is 5.89. The van der Waals surface area contributed by atoms with Gasteiger partial charge in [0.25, 0.3) is 0 Å². The molecule has 0 atom stereocenters. The first-order valence-corrected chi connectivity index (χ1v) is 9.48. The molecule has 1 aliphatic heterocycles. The van der Waals surface area contributed by atoms with Crippen molar-refractivity contribution in [1.82, 2.24) is 10.5 Å². The molecule has 0 bridgehead atoms. The van der Waals surface area contributed by atoms with Gasteiger partial charge in [-0.3, -0.25) is 0 Å². The molecule has 0 aliphatic carbocycles. The van der Waals surface area contributed by atoms with Crippen molar-refractivity contribution in [3.05, 3.63) is 48.0 Å². The monoisotopic (exact) mass is 367 g/mol. The van der Waals surface area contributed by atoms with Crippen molar-refractivity contribution in [2.45, 2.75) is 25.8 Å². The fourth-order valence-corrected chi connectivity index (χ4v) is 3.39. The molecule has 6 heteroatoms. The quantitative estimate of drug-likeness (QED) is 0.612. The topological polar surface area (TPSA) is 82.5 Å². The standard InChI is InChI=1S/C21H25N3O3/c22-21-19-6-5-18(13-20(19)27-24-21)26-17-3-1-16(2-4-17)14-23-10-7-15-8-11-25-12-9-15/h1-6,13,15,23H,7-12,14H2,(H2,22,24). The summed E-state index contributed by atoms with van der Waals surface area (Å²) in [6.45, 7) is 3.75. The lowest BCUT2D eigenvalue weighted by molar-refractivity contribution is 0.0639. The first-order valence-electron chi connectivity index (χ1n) is 9.48. The van der Waals surface area contributed by atoms with Crippen molar-refractivity contribution in [3.63, 3.8) is 0 Å². The number of aromatic nitrogens is 1. The molecule has 27 heavy (non-hydrogen) atoms. The second-order valence-corrected chi connectivity index (χ2v) is 6.99. The van der Waals surface area contributed by atoms with Crippen molar-refractivity contribution >= 4 is 16.8 Å². The van der Waals surface area contributed by atoms with Gasteiger partial charge >= 0.3 is 0 Å². The summed E-state index contributed by atoms with van der Waals surface area (Å²) < 4.78 is 16.5. The van der Waals surface area contributed by atoms with Gasteiger partial charge in [0.15, 0.2) is 11.4 Å². The number of anilines is 1. The fourth-order valence-electron chi connectivity index (χ4n) is 3.39. The minimum absolute atomic E-state index is 0.394. The van der Waals surface area contributed by atoms with E-state index in [0.29, 0.717) is 17.2 Å². The van der Waals surface area contributed by atoms with E-state index in [0.717, 1.165) is 43.4 Å². The van der Waals surface area contributed by atoms with Gasteiger partial charge in [0.2, 0.25) is 0 Å². The molecule has 1 fully saturated rings. The van der Waals surface area contributed by atoms with E-state index in [1.165, 1.54) is 24.8 Å². The van der Waals surface area contributed by atoms with Crippen molar-refractivity contribution in [3.8, 4) is 11.5 Å². The average molecular weight is 367 g/mol. The molecular formula is C21H25N3O3. The van der Waals surface area contributed by atoms with Gasteiger partial charge in [0, 0.05) is 25.8 Å². The number of nitrogens with two attached hydrogens (primary N) is 1. The van der Waals surface area contributed by atoms with Crippen molar-refractivity contribution in [2.75, 3.05) is 25.5 Å². The lowest BCUT2D eigenvalue weighted by Crippen LogP contribution is -2.22. The van der Waals surface area contributed by atoms with Crippen LogP contribution in [0.2, 0.25) is 0 Å². The van der Waals surface area contributed by atoms with E-state index in [1.54, 1.807) is 6.07 Å². The Morgan fingerprint density at radius 1 is 1.07 bits per heavy atom. The van der Waals surface area contributed by atoms with Crippen LogP contribution in [0.1, 0.15) is 24.8 Å². The zero-order valence-corrected chi connectivity index (χ0v) is 15.3. The number of ether oxygens (including phenoxy) is 2. The summed E-state index contributed by atoms with van der Waals surface area (Å²) in [6, 6.07) is 13.6. The normalized spacial score (nSPS) is 15.3. The van der Waals surface area contributed by atoms with Crippen molar-refractivity contribution < 1.29 is 14.0 Å². The van der Waals surface area contributed by atoms with Gasteiger partial charge in [-0.2, -0.15) is 0 Å². The van der Waals surface area contributed by atoms with Gasteiger partial charge in [-0.1, -0.05) is 17.3 Å². The highest BCUT2D eigenvalue weighted by Crippen LogP contribution is 2.28. The van der Waals surface area contributed by atoms with E-state index in [1.807, 2.05) is 24.3 Å². The summed E-state index contributed by atoms with van der Waals surface area (Å²) in [5.41, 5.74) is 7.59. The Morgan fingerprint density at radius 2 is 1.85 bits per heavy atom. The van der Waals surface area contributed by atoms with Crippen LogP contribution in [0.3, 0.4) is 0 Å². The van der Waals surface area contributed by atoms with E-state index >= 15 is 0 Å². The van der Waals surface area contributed by atoms with Gasteiger partial charge in [0.05, 0.1) is 5.39 Å². The molecule has 0 amide bonds. The Hall–Kier alpha value is -2.57. The molecule has 4 rings (SSSR count). The number of rotatable bonds is 7. The summed E-state index contributed by atoms with van der Waals surface area (Å²) in [5.74, 6) is 2.68. The summed E-state index contributed by atoms with van der Waals surface area (Å²) in [4.78, 5) is 0. The van der Waals surface area contributed by atoms with Gasteiger partial charge in [-0.25, -0.2) is 0 Å². The first kappa shape index (κ1) is 17.8. The molecular weight excluding hydrogens is 342 g/mol. The van der Waals surface area contributed by atoms with Crippen molar-refractivity contribution in [2.24, 2.45) is 5.92 Å². The maximum Gasteiger partial charge on any atom is 0.174 e. The third-order valence-corrected chi connectivity index (χ3v) is 5.03. The Labute approximate surface area is 158 Å². The molecule has 142 valence electrons. The van der Waals surface area contributed by atoms with Crippen LogP contribution in [0.4, 0.5) is 5.82 Å². The zero-order valence-electron chi connectivity index (χ0n) is 15.3. The van der Waals surface area contributed by atoms with Gasteiger partial charge in [-0.05, 0) is 61.6 Å². The van der Waals surface area contributed by atoms with Crippen LogP contribution >= 0.6 is 0 Å². The van der Waals surface area contributed by atoms with Crippen LogP contribution in [-0.4, -0.2) is 24.9 Å². The minimum atomic E-state index is 0.394. The van der Waals surface area contributed by atoms with E-state index in [4.69, 9.17) is 19.7 Å². The second kappa shape index (κ2) is 8.41. The summed E-state index contributed by atoms with van der Waals surface area (Å²) in [7, 11) is 0. The molecule has 1 aromatic heterocycles. The predicted molar refractivity (Wildman–Crippen MR) is 105 cm³/mol. The molecule has 0 unspecified atom stereocenters.